The molecule has 20 heavy (non-hydrogen) atoms. The first kappa shape index (κ1) is 17.5. The predicted molar refractivity (Wildman–Crippen MR) is 92.6 cm³/mol. The number of hydrogen-bond acceptors (Lipinski definition) is 3. The molecule has 0 saturated heterocycles. The van der Waals surface area contributed by atoms with Crippen LogP contribution in [0.25, 0.3) is 0 Å². The molecule has 0 aliphatic rings. The molecule has 0 fully saturated rings. The van der Waals surface area contributed by atoms with E-state index in [0.717, 1.165) is 38.5 Å². The maximum Gasteiger partial charge on any atom is 0.0233 e. The van der Waals surface area contributed by atoms with Crippen molar-refractivity contribution in [3.8, 4) is 0 Å². The van der Waals surface area contributed by atoms with Gasteiger partial charge in [-0.3, -0.25) is 0 Å². The van der Waals surface area contributed by atoms with E-state index >= 15 is 0 Å². The Balaban J connectivity index is 2.46. The topological polar surface area (TPSA) is 15.3 Å². The first-order chi connectivity index (χ1) is 9.63. The normalized spacial score (nSPS) is 11.5. The Kier molecular flexibility index (Phi) is 8.99. The van der Waals surface area contributed by atoms with E-state index in [4.69, 9.17) is 0 Å². The minimum Gasteiger partial charge on any atom is -0.316 e. The van der Waals surface area contributed by atoms with Crippen LogP contribution in [0.5, 0.6) is 0 Å². The Bertz CT molecular complexity index is 366. The third-order valence-corrected chi connectivity index (χ3v) is 3.95. The summed E-state index contributed by atoms with van der Waals surface area (Å²) >= 11 is 1.91. The SMILES string of the molecule is CSCCN(C)Cc1ccccc1CCNCC(C)C. The van der Waals surface area contributed by atoms with Crippen molar-refractivity contribution in [3.05, 3.63) is 35.4 Å². The fourth-order valence-electron chi connectivity index (χ4n) is 2.19. The van der Waals surface area contributed by atoms with Crippen LogP contribution in [-0.4, -0.2) is 43.6 Å². The second kappa shape index (κ2) is 10.3. The number of hydrogen-bond donors (Lipinski definition) is 1. The highest BCUT2D eigenvalue weighted by atomic mass is 32.2. The molecule has 1 N–H and O–H groups in total. The summed E-state index contributed by atoms with van der Waals surface area (Å²) in [5, 5.41) is 3.53. The fourth-order valence-corrected chi connectivity index (χ4v) is 2.68. The summed E-state index contributed by atoms with van der Waals surface area (Å²) in [7, 11) is 2.21. The lowest BCUT2D eigenvalue weighted by molar-refractivity contribution is 0.347. The van der Waals surface area contributed by atoms with Crippen molar-refractivity contribution >= 4 is 11.8 Å². The average molecular weight is 295 g/mol. The number of benzene rings is 1. The zero-order chi connectivity index (χ0) is 14.8. The van der Waals surface area contributed by atoms with Crippen LogP contribution in [0.2, 0.25) is 0 Å². The molecule has 2 nitrogen and oxygen atoms in total. The minimum absolute atomic E-state index is 0.725. The Labute approximate surface area is 129 Å². The summed E-state index contributed by atoms with van der Waals surface area (Å²) < 4.78 is 0. The van der Waals surface area contributed by atoms with Crippen LogP contribution in [0, 0.1) is 5.92 Å². The number of rotatable bonds is 10. The summed E-state index contributed by atoms with van der Waals surface area (Å²) in [5.74, 6) is 1.93. The summed E-state index contributed by atoms with van der Waals surface area (Å²) in [6.45, 7) is 8.89. The van der Waals surface area contributed by atoms with E-state index in [0.29, 0.717) is 0 Å². The largest absolute Gasteiger partial charge is 0.316 e. The van der Waals surface area contributed by atoms with Gasteiger partial charge in [-0.05, 0) is 49.9 Å². The standard InChI is InChI=1S/C17H30N2S/c1-15(2)13-18-10-9-16-7-5-6-8-17(16)14-19(3)11-12-20-4/h5-8,15,18H,9-14H2,1-4H3. The average Bonchev–Trinajstić information content (AvgIpc) is 2.42. The van der Waals surface area contributed by atoms with Crippen LogP contribution in [0.1, 0.15) is 25.0 Å². The van der Waals surface area contributed by atoms with Crippen molar-refractivity contribution in [2.45, 2.75) is 26.8 Å². The highest BCUT2D eigenvalue weighted by Crippen LogP contribution is 2.12. The molecule has 0 unspecified atom stereocenters. The molecule has 0 saturated carbocycles. The van der Waals surface area contributed by atoms with Gasteiger partial charge >= 0.3 is 0 Å². The Morgan fingerprint density at radius 3 is 2.55 bits per heavy atom. The van der Waals surface area contributed by atoms with Crippen LogP contribution < -0.4 is 5.32 Å². The highest BCUT2D eigenvalue weighted by Gasteiger charge is 2.05. The van der Waals surface area contributed by atoms with Crippen LogP contribution in [-0.2, 0) is 13.0 Å². The van der Waals surface area contributed by atoms with Gasteiger partial charge in [-0.25, -0.2) is 0 Å². The lowest BCUT2D eigenvalue weighted by atomic mass is 10.0. The highest BCUT2D eigenvalue weighted by molar-refractivity contribution is 7.98. The van der Waals surface area contributed by atoms with E-state index in [1.165, 1.54) is 16.9 Å². The number of thioether (sulfide) groups is 1. The van der Waals surface area contributed by atoms with E-state index in [1.807, 2.05) is 11.8 Å². The molecule has 0 aromatic heterocycles. The molecule has 1 aromatic rings. The molecule has 0 aliphatic carbocycles. The number of nitrogens with zero attached hydrogens (tertiary/aromatic N) is 1. The Morgan fingerprint density at radius 1 is 1.20 bits per heavy atom. The first-order valence-corrected chi connectivity index (χ1v) is 8.97. The second-order valence-electron chi connectivity index (χ2n) is 5.85. The van der Waals surface area contributed by atoms with Gasteiger partial charge in [-0.15, -0.1) is 0 Å². The molecule has 0 aliphatic heterocycles. The molecule has 0 spiro atoms. The number of nitrogens with one attached hydrogen (secondary N) is 1. The van der Waals surface area contributed by atoms with E-state index in [-0.39, 0.29) is 0 Å². The molecular formula is C17H30N2S. The third kappa shape index (κ3) is 7.32. The monoisotopic (exact) mass is 294 g/mol. The van der Waals surface area contributed by atoms with Crippen molar-refractivity contribution in [2.75, 3.05) is 38.7 Å². The second-order valence-corrected chi connectivity index (χ2v) is 6.83. The molecule has 0 bridgehead atoms. The van der Waals surface area contributed by atoms with Gasteiger partial charge in [0.05, 0.1) is 0 Å². The molecule has 3 heteroatoms. The van der Waals surface area contributed by atoms with E-state index < -0.39 is 0 Å². The lowest BCUT2D eigenvalue weighted by Gasteiger charge is -2.18. The van der Waals surface area contributed by atoms with E-state index in [2.05, 4.69) is 61.6 Å². The van der Waals surface area contributed by atoms with Crippen LogP contribution in [0.15, 0.2) is 24.3 Å². The Morgan fingerprint density at radius 2 is 1.90 bits per heavy atom. The van der Waals surface area contributed by atoms with Gasteiger partial charge in [0.15, 0.2) is 0 Å². The van der Waals surface area contributed by atoms with Gasteiger partial charge < -0.3 is 10.2 Å². The molecule has 0 heterocycles. The minimum atomic E-state index is 0.725. The quantitative estimate of drug-likeness (QED) is 0.667. The van der Waals surface area contributed by atoms with Gasteiger partial charge in [0.25, 0.3) is 0 Å². The van der Waals surface area contributed by atoms with E-state index in [9.17, 15) is 0 Å². The fraction of sp³-hybridized carbons (Fsp3) is 0.647. The van der Waals surface area contributed by atoms with Gasteiger partial charge in [-0.2, -0.15) is 11.8 Å². The zero-order valence-electron chi connectivity index (χ0n) is 13.5. The van der Waals surface area contributed by atoms with E-state index in [1.54, 1.807) is 0 Å². The first-order valence-electron chi connectivity index (χ1n) is 7.58. The van der Waals surface area contributed by atoms with Crippen LogP contribution >= 0.6 is 11.8 Å². The summed E-state index contributed by atoms with van der Waals surface area (Å²) in [6, 6.07) is 8.86. The van der Waals surface area contributed by atoms with Crippen molar-refractivity contribution < 1.29 is 0 Å². The molecule has 0 atom stereocenters. The van der Waals surface area contributed by atoms with Crippen LogP contribution in [0.3, 0.4) is 0 Å². The molecule has 1 aromatic carbocycles. The van der Waals surface area contributed by atoms with Crippen molar-refractivity contribution in [1.82, 2.24) is 10.2 Å². The third-order valence-electron chi connectivity index (χ3n) is 3.36. The molecule has 0 radical (unpaired) electrons. The summed E-state index contributed by atoms with van der Waals surface area (Å²) in [6.07, 6.45) is 3.29. The smallest absolute Gasteiger partial charge is 0.0233 e. The zero-order valence-corrected chi connectivity index (χ0v) is 14.3. The molecule has 0 amide bonds. The maximum atomic E-state index is 3.53. The van der Waals surface area contributed by atoms with Gasteiger partial charge in [-0.1, -0.05) is 38.1 Å². The van der Waals surface area contributed by atoms with Gasteiger partial charge in [0, 0.05) is 18.8 Å². The maximum absolute atomic E-state index is 3.53. The lowest BCUT2D eigenvalue weighted by Crippen LogP contribution is -2.24. The van der Waals surface area contributed by atoms with Gasteiger partial charge in [0.1, 0.15) is 0 Å². The van der Waals surface area contributed by atoms with Crippen molar-refractivity contribution in [3.63, 3.8) is 0 Å². The molecule has 1 rings (SSSR count). The summed E-state index contributed by atoms with van der Waals surface area (Å²) in [4.78, 5) is 2.41. The van der Waals surface area contributed by atoms with Crippen molar-refractivity contribution in [1.29, 1.82) is 0 Å². The molecule has 114 valence electrons. The molecular weight excluding hydrogens is 264 g/mol. The predicted octanol–water partition coefficient (Wildman–Crippen LogP) is 3.27. The Hall–Kier alpha value is -0.510. The summed E-state index contributed by atoms with van der Waals surface area (Å²) in [5.41, 5.74) is 2.96. The van der Waals surface area contributed by atoms with Crippen molar-refractivity contribution in [2.24, 2.45) is 5.92 Å². The van der Waals surface area contributed by atoms with Crippen LogP contribution in [0.4, 0.5) is 0 Å². The van der Waals surface area contributed by atoms with Gasteiger partial charge in [0.2, 0.25) is 0 Å².